The molecule has 0 spiro atoms. The molecule has 0 radical (unpaired) electrons. The molecule has 1 heterocycles. The van der Waals surface area contributed by atoms with Crippen LogP contribution in [0.2, 0.25) is 0 Å². The average Bonchev–Trinajstić information content (AvgIpc) is 2.51. The molecular formula is C8H14N2OS. The number of aromatic nitrogens is 2. The van der Waals surface area contributed by atoms with Crippen LogP contribution >= 0.6 is 11.5 Å². The van der Waals surface area contributed by atoms with Gasteiger partial charge in [0.15, 0.2) is 0 Å². The van der Waals surface area contributed by atoms with E-state index in [0.29, 0.717) is 0 Å². The first-order chi connectivity index (χ1) is 5.62. The van der Waals surface area contributed by atoms with Crippen molar-refractivity contribution >= 4 is 11.5 Å². The number of H-pyrrole nitrogens is 1. The highest BCUT2D eigenvalue weighted by Gasteiger charge is 2.25. The Morgan fingerprint density at radius 1 is 1.50 bits per heavy atom. The first kappa shape index (κ1) is 9.45. The molecule has 68 valence electrons. The van der Waals surface area contributed by atoms with E-state index in [1.165, 1.54) is 11.5 Å². The van der Waals surface area contributed by atoms with Gasteiger partial charge in [-0.25, -0.2) is 4.79 Å². The van der Waals surface area contributed by atoms with Crippen molar-refractivity contribution in [1.82, 2.24) is 9.36 Å². The molecule has 0 atom stereocenters. The molecule has 0 aliphatic rings. The second-order valence-electron chi connectivity index (χ2n) is 3.19. The van der Waals surface area contributed by atoms with Crippen LogP contribution in [-0.4, -0.2) is 9.36 Å². The molecule has 1 rings (SSSR count). The molecule has 0 fully saturated rings. The van der Waals surface area contributed by atoms with E-state index in [0.717, 1.165) is 17.8 Å². The van der Waals surface area contributed by atoms with Crippen molar-refractivity contribution in [3.63, 3.8) is 0 Å². The van der Waals surface area contributed by atoms with E-state index in [4.69, 9.17) is 0 Å². The Hall–Kier alpha value is -0.640. The summed E-state index contributed by atoms with van der Waals surface area (Å²) in [5.41, 5.74) is -0.146. The summed E-state index contributed by atoms with van der Waals surface area (Å²) in [6.45, 7) is 6.38. The minimum Gasteiger partial charge on any atom is -0.260 e. The van der Waals surface area contributed by atoms with Crippen LogP contribution in [0.3, 0.4) is 0 Å². The van der Waals surface area contributed by atoms with E-state index >= 15 is 0 Å². The van der Waals surface area contributed by atoms with Crippen LogP contribution in [0.15, 0.2) is 4.79 Å². The maximum absolute atomic E-state index is 10.8. The Morgan fingerprint density at radius 2 is 2.08 bits per heavy atom. The van der Waals surface area contributed by atoms with Crippen LogP contribution in [0.4, 0.5) is 0 Å². The lowest BCUT2D eigenvalue weighted by Gasteiger charge is -2.22. The van der Waals surface area contributed by atoms with E-state index < -0.39 is 0 Å². The summed E-state index contributed by atoms with van der Waals surface area (Å²) in [5, 5.41) is 0.928. The van der Waals surface area contributed by atoms with Crippen molar-refractivity contribution in [3.05, 3.63) is 15.5 Å². The molecule has 0 aliphatic carbocycles. The number of nitrogens with one attached hydrogen (secondary N) is 1. The minimum atomic E-state index is -0.219. The lowest BCUT2D eigenvalue weighted by Crippen LogP contribution is -2.20. The molecule has 0 saturated heterocycles. The van der Waals surface area contributed by atoms with E-state index in [9.17, 15) is 4.79 Å². The van der Waals surface area contributed by atoms with Gasteiger partial charge in [0.05, 0.1) is 0 Å². The quantitative estimate of drug-likeness (QED) is 0.783. The average molecular weight is 186 g/mol. The van der Waals surface area contributed by atoms with Crippen LogP contribution in [0.5, 0.6) is 0 Å². The highest BCUT2D eigenvalue weighted by molar-refractivity contribution is 7.05. The van der Waals surface area contributed by atoms with Crippen molar-refractivity contribution in [2.45, 2.75) is 39.0 Å². The van der Waals surface area contributed by atoms with Gasteiger partial charge in [0, 0.05) is 5.41 Å². The van der Waals surface area contributed by atoms with Gasteiger partial charge in [0.2, 0.25) is 0 Å². The Kier molecular flexibility index (Phi) is 2.67. The zero-order valence-electron chi connectivity index (χ0n) is 7.68. The Labute approximate surface area is 76.0 Å². The van der Waals surface area contributed by atoms with Gasteiger partial charge in [0.25, 0.3) is 0 Å². The topological polar surface area (TPSA) is 45.8 Å². The SMILES string of the molecule is CCC(C)(CC)c1nc(=O)[nH]s1. The molecule has 0 unspecified atom stereocenters. The predicted molar refractivity (Wildman–Crippen MR) is 50.7 cm³/mol. The fraction of sp³-hybridized carbons (Fsp3) is 0.750. The Bertz CT molecular complexity index is 298. The number of nitrogens with zero attached hydrogens (tertiary/aromatic N) is 1. The maximum Gasteiger partial charge on any atom is 0.355 e. The summed E-state index contributed by atoms with van der Waals surface area (Å²) in [6, 6.07) is 0. The molecule has 3 nitrogen and oxygen atoms in total. The van der Waals surface area contributed by atoms with Crippen molar-refractivity contribution in [1.29, 1.82) is 0 Å². The number of hydrogen-bond acceptors (Lipinski definition) is 3. The highest BCUT2D eigenvalue weighted by Crippen LogP contribution is 2.30. The third kappa shape index (κ3) is 1.58. The number of rotatable bonds is 3. The summed E-state index contributed by atoms with van der Waals surface area (Å²) in [5.74, 6) is 0. The normalized spacial score (nSPS) is 11.9. The zero-order valence-corrected chi connectivity index (χ0v) is 8.49. The van der Waals surface area contributed by atoms with Crippen LogP contribution < -0.4 is 5.69 Å². The molecule has 4 heteroatoms. The molecule has 0 amide bonds. The van der Waals surface area contributed by atoms with Crippen LogP contribution in [0, 0.1) is 0 Å². The van der Waals surface area contributed by atoms with Gasteiger partial charge in [0.1, 0.15) is 5.01 Å². The van der Waals surface area contributed by atoms with E-state index in [1.54, 1.807) is 0 Å². The molecular weight excluding hydrogens is 172 g/mol. The van der Waals surface area contributed by atoms with Crippen molar-refractivity contribution < 1.29 is 0 Å². The maximum atomic E-state index is 10.8. The molecule has 1 aromatic heterocycles. The molecule has 0 aliphatic heterocycles. The Morgan fingerprint density at radius 3 is 2.42 bits per heavy atom. The van der Waals surface area contributed by atoms with Crippen LogP contribution in [0.25, 0.3) is 0 Å². The summed E-state index contributed by atoms with van der Waals surface area (Å²) >= 11 is 1.36. The van der Waals surface area contributed by atoms with Gasteiger partial charge in [-0.2, -0.15) is 4.98 Å². The van der Waals surface area contributed by atoms with Crippen molar-refractivity contribution in [3.8, 4) is 0 Å². The summed E-state index contributed by atoms with van der Waals surface area (Å²) < 4.78 is 2.62. The third-order valence-corrected chi connectivity index (χ3v) is 3.57. The van der Waals surface area contributed by atoms with Crippen LogP contribution in [0.1, 0.15) is 38.6 Å². The molecule has 1 N–H and O–H groups in total. The first-order valence-electron chi connectivity index (χ1n) is 4.18. The van der Waals surface area contributed by atoms with Gasteiger partial charge in [-0.15, -0.1) is 0 Å². The molecule has 0 saturated carbocycles. The fourth-order valence-electron chi connectivity index (χ4n) is 1.04. The molecule has 1 aromatic rings. The van der Waals surface area contributed by atoms with Crippen molar-refractivity contribution in [2.75, 3.05) is 0 Å². The zero-order chi connectivity index (χ0) is 9.19. The van der Waals surface area contributed by atoms with E-state index in [1.807, 2.05) is 0 Å². The summed E-state index contributed by atoms with van der Waals surface area (Å²) in [6.07, 6.45) is 2.04. The predicted octanol–water partition coefficient (Wildman–Crippen LogP) is 1.91. The van der Waals surface area contributed by atoms with E-state index in [2.05, 4.69) is 30.1 Å². The fourth-order valence-corrected chi connectivity index (χ4v) is 1.93. The Balaban J connectivity index is 3.02. The lowest BCUT2D eigenvalue weighted by atomic mass is 9.86. The van der Waals surface area contributed by atoms with Gasteiger partial charge >= 0.3 is 5.69 Å². The third-order valence-electron chi connectivity index (χ3n) is 2.52. The van der Waals surface area contributed by atoms with Gasteiger partial charge < -0.3 is 0 Å². The monoisotopic (exact) mass is 186 g/mol. The minimum absolute atomic E-state index is 0.0732. The van der Waals surface area contributed by atoms with Gasteiger partial charge in [-0.1, -0.05) is 20.8 Å². The van der Waals surface area contributed by atoms with Gasteiger partial charge in [-0.05, 0) is 24.4 Å². The highest BCUT2D eigenvalue weighted by atomic mass is 32.1. The summed E-state index contributed by atoms with van der Waals surface area (Å²) in [4.78, 5) is 14.7. The molecule has 0 bridgehead atoms. The lowest BCUT2D eigenvalue weighted by molar-refractivity contribution is 0.436. The van der Waals surface area contributed by atoms with E-state index in [-0.39, 0.29) is 11.1 Å². The first-order valence-corrected chi connectivity index (χ1v) is 5.00. The standard InChI is InChI=1S/C8H14N2OS/c1-4-8(3,5-2)6-9-7(11)10-12-6/h4-5H2,1-3H3,(H,10,11). The second-order valence-corrected chi connectivity index (χ2v) is 3.99. The molecule has 0 aromatic carbocycles. The number of aromatic amines is 1. The smallest absolute Gasteiger partial charge is 0.260 e. The summed E-state index contributed by atoms with van der Waals surface area (Å²) in [7, 11) is 0. The largest absolute Gasteiger partial charge is 0.355 e. The molecule has 12 heavy (non-hydrogen) atoms. The van der Waals surface area contributed by atoms with Crippen molar-refractivity contribution in [2.24, 2.45) is 0 Å². The number of hydrogen-bond donors (Lipinski definition) is 1. The van der Waals surface area contributed by atoms with Crippen LogP contribution in [-0.2, 0) is 5.41 Å². The van der Waals surface area contributed by atoms with Gasteiger partial charge in [-0.3, -0.25) is 4.37 Å². The second kappa shape index (κ2) is 3.39.